The molecule has 3 nitrogen and oxygen atoms in total. The van der Waals surface area contributed by atoms with E-state index in [0.29, 0.717) is 6.54 Å². The van der Waals surface area contributed by atoms with Crippen LogP contribution in [0.15, 0.2) is 17.3 Å². The molecule has 0 atom stereocenters. The Morgan fingerprint density at radius 2 is 1.90 bits per heavy atom. The second-order valence-electron chi connectivity index (χ2n) is 4.36. The summed E-state index contributed by atoms with van der Waals surface area (Å²) in [6.07, 6.45) is 0. The van der Waals surface area contributed by atoms with Crippen LogP contribution >= 0.6 is 23.1 Å². The Labute approximate surface area is 128 Å². The molecule has 0 fully saturated rings. The summed E-state index contributed by atoms with van der Waals surface area (Å²) in [6.45, 7) is 6.51. The first-order valence-electron chi connectivity index (χ1n) is 6.32. The lowest BCUT2D eigenvalue weighted by atomic mass is 10.2. The van der Waals surface area contributed by atoms with Gasteiger partial charge in [-0.1, -0.05) is 23.6 Å². The number of aromatic nitrogens is 2. The molecule has 0 saturated heterocycles. The summed E-state index contributed by atoms with van der Waals surface area (Å²) in [6, 6.07) is 4.14. The third-order valence-corrected chi connectivity index (χ3v) is 5.01. The summed E-state index contributed by atoms with van der Waals surface area (Å²) in [5.74, 6) is 6.79. The van der Waals surface area contributed by atoms with Gasteiger partial charge < -0.3 is 5.73 Å². The Morgan fingerprint density at radius 1 is 1.20 bits per heavy atom. The average Bonchev–Trinajstić information content (AvgIpc) is 2.88. The van der Waals surface area contributed by atoms with E-state index in [-0.39, 0.29) is 0 Å². The van der Waals surface area contributed by atoms with Crippen LogP contribution in [0.3, 0.4) is 0 Å². The van der Waals surface area contributed by atoms with Crippen molar-refractivity contribution in [2.24, 2.45) is 5.73 Å². The second-order valence-corrected chi connectivity index (χ2v) is 6.47. The maximum absolute atomic E-state index is 5.37. The van der Waals surface area contributed by atoms with Crippen LogP contribution in [0.1, 0.15) is 26.7 Å². The fraction of sp³-hybridized carbons (Fsp3) is 0.333. The molecule has 0 aliphatic heterocycles. The first-order valence-corrected chi connectivity index (χ1v) is 8.12. The fourth-order valence-corrected chi connectivity index (χ4v) is 3.46. The SMILES string of the molecule is Cc1nc(SCc2ccc(C#CCN)s2)nc(C)c1C. The molecule has 5 heteroatoms. The number of aryl methyl sites for hydroxylation is 2. The molecule has 0 radical (unpaired) electrons. The monoisotopic (exact) mass is 303 g/mol. The molecular formula is C15H17N3S2. The Morgan fingerprint density at radius 3 is 2.55 bits per heavy atom. The van der Waals surface area contributed by atoms with Crippen LogP contribution in [0.4, 0.5) is 0 Å². The molecular weight excluding hydrogens is 286 g/mol. The molecule has 0 aliphatic carbocycles. The molecule has 2 aromatic heterocycles. The highest BCUT2D eigenvalue weighted by Gasteiger charge is 2.06. The van der Waals surface area contributed by atoms with Gasteiger partial charge in [0.2, 0.25) is 0 Å². The standard InChI is InChI=1S/C15H17N3S2/c1-10-11(2)17-15(18-12(10)3)19-9-14-7-6-13(20-14)5-4-8-16/h6-7H,8-9,16H2,1-3H3. The van der Waals surface area contributed by atoms with Crippen molar-refractivity contribution in [2.75, 3.05) is 6.54 Å². The predicted octanol–water partition coefficient (Wildman–Crippen LogP) is 3.07. The Kier molecular flexibility index (Phi) is 5.18. The van der Waals surface area contributed by atoms with Crippen LogP contribution in [-0.2, 0) is 5.75 Å². The highest BCUT2D eigenvalue weighted by molar-refractivity contribution is 7.98. The molecule has 0 aliphatic rings. The topological polar surface area (TPSA) is 51.8 Å². The van der Waals surface area contributed by atoms with Gasteiger partial charge in [-0.25, -0.2) is 9.97 Å². The number of rotatable bonds is 3. The van der Waals surface area contributed by atoms with Gasteiger partial charge in [-0.05, 0) is 38.5 Å². The summed E-state index contributed by atoms with van der Waals surface area (Å²) >= 11 is 3.36. The van der Waals surface area contributed by atoms with Gasteiger partial charge in [0, 0.05) is 22.0 Å². The summed E-state index contributed by atoms with van der Waals surface area (Å²) in [5.41, 5.74) is 8.65. The van der Waals surface area contributed by atoms with Gasteiger partial charge in [-0.3, -0.25) is 0 Å². The molecule has 2 heterocycles. The minimum atomic E-state index is 0.401. The smallest absolute Gasteiger partial charge is 0.188 e. The zero-order chi connectivity index (χ0) is 14.5. The van der Waals surface area contributed by atoms with Crippen LogP contribution in [-0.4, -0.2) is 16.5 Å². The number of nitrogens with two attached hydrogens (primary N) is 1. The Bertz CT molecular complexity index is 642. The minimum Gasteiger partial charge on any atom is -0.320 e. The quantitative estimate of drug-likeness (QED) is 0.538. The largest absolute Gasteiger partial charge is 0.320 e. The van der Waals surface area contributed by atoms with Crippen LogP contribution in [0.25, 0.3) is 0 Å². The fourth-order valence-electron chi connectivity index (χ4n) is 1.60. The van der Waals surface area contributed by atoms with Crippen LogP contribution < -0.4 is 5.73 Å². The summed E-state index contributed by atoms with van der Waals surface area (Å²) in [4.78, 5) is 11.4. The minimum absolute atomic E-state index is 0.401. The van der Waals surface area contributed by atoms with Crippen molar-refractivity contribution in [1.82, 2.24) is 9.97 Å². The lowest BCUT2D eigenvalue weighted by Crippen LogP contribution is -1.97. The molecule has 0 spiro atoms. The van der Waals surface area contributed by atoms with E-state index in [2.05, 4.69) is 34.8 Å². The van der Waals surface area contributed by atoms with Gasteiger partial charge >= 0.3 is 0 Å². The number of thioether (sulfide) groups is 1. The Hall–Kier alpha value is -1.35. The van der Waals surface area contributed by atoms with E-state index in [1.807, 2.05) is 19.9 Å². The second kappa shape index (κ2) is 6.89. The number of hydrogen-bond acceptors (Lipinski definition) is 5. The van der Waals surface area contributed by atoms with E-state index in [0.717, 1.165) is 27.2 Å². The van der Waals surface area contributed by atoms with Crippen molar-refractivity contribution in [3.8, 4) is 11.8 Å². The molecule has 20 heavy (non-hydrogen) atoms. The highest BCUT2D eigenvalue weighted by Crippen LogP contribution is 2.25. The zero-order valence-corrected chi connectivity index (χ0v) is 13.5. The molecule has 2 N–H and O–H groups in total. The van der Waals surface area contributed by atoms with Crippen molar-refractivity contribution in [3.05, 3.63) is 38.8 Å². The predicted molar refractivity (Wildman–Crippen MR) is 86.1 cm³/mol. The molecule has 0 aromatic carbocycles. The van der Waals surface area contributed by atoms with E-state index < -0.39 is 0 Å². The highest BCUT2D eigenvalue weighted by atomic mass is 32.2. The van der Waals surface area contributed by atoms with Crippen molar-refractivity contribution in [2.45, 2.75) is 31.7 Å². The molecule has 0 bridgehead atoms. The third-order valence-electron chi connectivity index (χ3n) is 2.93. The van der Waals surface area contributed by atoms with E-state index in [9.17, 15) is 0 Å². The summed E-state index contributed by atoms with van der Waals surface area (Å²) in [7, 11) is 0. The summed E-state index contributed by atoms with van der Waals surface area (Å²) < 4.78 is 0. The van der Waals surface area contributed by atoms with Gasteiger partial charge in [0.15, 0.2) is 5.16 Å². The lowest BCUT2D eigenvalue weighted by molar-refractivity contribution is 0.881. The first-order chi connectivity index (χ1) is 9.60. The zero-order valence-electron chi connectivity index (χ0n) is 11.9. The van der Waals surface area contributed by atoms with Gasteiger partial charge in [0.25, 0.3) is 0 Å². The number of nitrogens with zero attached hydrogens (tertiary/aromatic N) is 2. The van der Waals surface area contributed by atoms with Crippen LogP contribution in [0.5, 0.6) is 0 Å². The normalized spacial score (nSPS) is 10.2. The molecule has 0 saturated carbocycles. The van der Waals surface area contributed by atoms with Gasteiger partial charge in [0.1, 0.15) is 0 Å². The van der Waals surface area contributed by atoms with E-state index >= 15 is 0 Å². The molecule has 104 valence electrons. The lowest BCUT2D eigenvalue weighted by Gasteiger charge is -2.05. The van der Waals surface area contributed by atoms with Crippen molar-refractivity contribution >= 4 is 23.1 Å². The Balaban J connectivity index is 2.03. The van der Waals surface area contributed by atoms with Gasteiger partial charge in [-0.15, -0.1) is 11.3 Å². The van der Waals surface area contributed by atoms with E-state index in [1.165, 1.54) is 10.4 Å². The molecule has 2 aromatic rings. The van der Waals surface area contributed by atoms with Gasteiger partial charge in [0.05, 0.1) is 11.4 Å². The van der Waals surface area contributed by atoms with Crippen molar-refractivity contribution < 1.29 is 0 Å². The van der Waals surface area contributed by atoms with E-state index in [4.69, 9.17) is 5.73 Å². The number of thiophene rings is 1. The third kappa shape index (κ3) is 3.83. The van der Waals surface area contributed by atoms with Crippen LogP contribution in [0, 0.1) is 32.6 Å². The van der Waals surface area contributed by atoms with Crippen molar-refractivity contribution in [3.63, 3.8) is 0 Å². The maximum atomic E-state index is 5.37. The molecule has 0 unspecified atom stereocenters. The maximum Gasteiger partial charge on any atom is 0.188 e. The molecule has 2 rings (SSSR count). The van der Waals surface area contributed by atoms with Crippen LogP contribution in [0.2, 0.25) is 0 Å². The molecule has 0 amide bonds. The summed E-state index contributed by atoms with van der Waals surface area (Å²) in [5, 5.41) is 0.841. The van der Waals surface area contributed by atoms with Crippen molar-refractivity contribution in [1.29, 1.82) is 0 Å². The van der Waals surface area contributed by atoms with Gasteiger partial charge in [-0.2, -0.15) is 0 Å². The van der Waals surface area contributed by atoms with E-state index in [1.54, 1.807) is 23.1 Å². The first kappa shape index (κ1) is 15.0. The number of hydrogen-bond donors (Lipinski definition) is 1. The average molecular weight is 303 g/mol.